The van der Waals surface area contributed by atoms with Gasteiger partial charge < -0.3 is 54.7 Å². The van der Waals surface area contributed by atoms with E-state index in [1.54, 1.807) is 0 Å². The quantitative estimate of drug-likeness (QED) is 0.0946. The van der Waals surface area contributed by atoms with E-state index in [-0.39, 0.29) is 13.1 Å². The van der Waals surface area contributed by atoms with Crippen molar-refractivity contribution in [3.63, 3.8) is 0 Å². The molecule has 0 radical (unpaired) electrons. The van der Waals surface area contributed by atoms with Crippen LogP contribution in [0.5, 0.6) is 0 Å². The van der Waals surface area contributed by atoms with E-state index in [1.807, 2.05) is 0 Å². The minimum absolute atomic E-state index is 0.285. The van der Waals surface area contributed by atoms with Gasteiger partial charge in [0.1, 0.15) is 48.8 Å². The Hall–Kier alpha value is -1.82. The van der Waals surface area contributed by atoms with E-state index < -0.39 is 80.7 Å². The number of azide groups is 2. The van der Waals surface area contributed by atoms with Gasteiger partial charge >= 0.3 is 0 Å². The van der Waals surface area contributed by atoms with Gasteiger partial charge in [-0.1, -0.05) is 10.2 Å². The summed E-state index contributed by atoms with van der Waals surface area (Å²) in [6.07, 6.45) is -17.0. The fourth-order valence-electron chi connectivity index (χ4n) is 3.26. The molecule has 2 fully saturated rings. The predicted octanol–water partition coefficient (Wildman–Crippen LogP) is -3.38. The number of aliphatic hydroxyl groups is 7. The molecule has 2 saturated heterocycles. The molecule has 0 aromatic heterocycles. The zero-order valence-electron chi connectivity index (χ0n) is 16.6. The van der Waals surface area contributed by atoms with Crippen molar-refractivity contribution in [2.75, 3.05) is 26.3 Å². The first-order valence-electron chi connectivity index (χ1n) is 9.54. The van der Waals surface area contributed by atoms with E-state index in [2.05, 4.69) is 20.1 Å². The fourth-order valence-corrected chi connectivity index (χ4v) is 3.26. The van der Waals surface area contributed by atoms with Gasteiger partial charge in [0.25, 0.3) is 0 Å². The highest BCUT2D eigenvalue weighted by Gasteiger charge is 2.51. The van der Waals surface area contributed by atoms with Crippen molar-refractivity contribution in [1.82, 2.24) is 0 Å². The van der Waals surface area contributed by atoms with Gasteiger partial charge in [-0.05, 0) is 11.1 Å². The third-order valence-corrected chi connectivity index (χ3v) is 4.98. The lowest BCUT2D eigenvalue weighted by molar-refractivity contribution is -0.362. The first kappa shape index (κ1) is 26.4. The second-order valence-corrected chi connectivity index (χ2v) is 7.09. The summed E-state index contributed by atoms with van der Waals surface area (Å²) < 4.78 is 21.5. The minimum atomic E-state index is -1.79. The molecule has 2 heterocycles. The molecule has 0 aromatic carbocycles. The molecule has 2 aliphatic heterocycles. The Morgan fingerprint density at radius 1 is 0.750 bits per heavy atom. The topological polar surface area (TPSA) is 276 Å². The smallest absolute Gasteiger partial charge is 0.187 e. The molecule has 17 nitrogen and oxygen atoms in total. The summed E-state index contributed by atoms with van der Waals surface area (Å²) in [4.78, 5) is 5.11. The van der Waals surface area contributed by atoms with Crippen LogP contribution in [0.3, 0.4) is 0 Å². The van der Waals surface area contributed by atoms with Crippen LogP contribution in [0.2, 0.25) is 0 Å². The third-order valence-electron chi connectivity index (χ3n) is 4.98. The molecule has 0 bridgehead atoms. The van der Waals surface area contributed by atoms with Gasteiger partial charge in [-0.15, -0.1) is 0 Å². The highest BCUT2D eigenvalue weighted by Crippen LogP contribution is 2.30. The maximum Gasteiger partial charge on any atom is 0.187 e. The largest absolute Gasteiger partial charge is 0.394 e. The Kier molecular flexibility index (Phi) is 10.3. The summed E-state index contributed by atoms with van der Waals surface area (Å²) >= 11 is 0. The minimum Gasteiger partial charge on any atom is -0.394 e. The summed E-state index contributed by atoms with van der Waals surface area (Å²) in [6.45, 7) is -2.03. The molecular formula is C15H26N6O11. The predicted molar refractivity (Wildman–Crippen MR) is 99.3 cm³/mol. The first-order valence-corrected chi connectivity index (χ1v) is 9.54. The number of nitrogens with zero attached hydrogens (tertiary/aromatic N) is 6. The Bertz CT molecular complexity index is 669. The van der Waals surface area contributed by atoms with Crippen LogP contribution in [-0.4, -0.2) is 130 Å². The fraction of sp³-hybridized carbons (Fsp3) is 1.00. The van der Waals surface area contributed by atoms with Gasteiger partial charge in [0.2, 0.25) is 0 Å². The molecular weight excluding hydrogens is 440 g/mol. The number of rotatable bonds is 10. The van der Waals surface area contributed by atoms with Gasteiger partial charge in [0.15, 0.2) is 12.6 Å². The van der Waals surface area contributed by atoms with Crippen molar-refractivity contribution in [2.45, 2.75) is 67.5 Å². The number of hydrogen-bond acceptors (Lipinski definition) is 13. The third kappa shape index (κ3) is 6.15. The molecule has 0 aliphatic carbocycles. The second kappa shape index (κ2) is 12.4. The van der Waals surface area contributed by atoms with Crippen LogP contribution in [0, 0.1) is 0 Å². The summed E-state index contributed by atoms with van der Waals surface area (Å²) in [5.74, 6) is 0. The summed E-state index contributed by atoms with van der Waals surface area (Å²) in [7, 11) is 0. The van der Waals surface area contributed by atoms with E-state index in [4.69, 9.17) is 30.0 Å². The van der Waals surface area contributed by atoms with Crippen molar-refractivity contribution < 1.29 is 54.7 Å². The molecule has 0 unspecified atom stereocenters. The lowest BCUT2D eigenvalue weighted by atomic mass is 9.97. The molecule has 2 aliphatic rings. The number of hydrogen-bond donors (Lipinski definition) is 7. The number of aliphatic hydroxyl groups excluding tert-OH is 7. The molecule has 182 valence electrons. The maximum absolute atomic E-state index is 10.5. The lowest BCUT2D eigenvalue weighted by Gasteiger charge is -2.46. The lowest BCUT2D eigenvalue weighted by Crippen LogP contribution is -2.65. The van der Waals surface area contributed by atoms with Crippen molar-refractivity contribution in [3.8, 4) is 0 Å². The summed E-state index contributed by atoms with van der Waals surface area (Å²) in [6, 6.07) is 0. The average molecular weight is 466 g/mol. The Balaban J connectivity index is 2.12. The Morgan fingerprint density at radius 3 is 1.81 bits per heavy atom. The van der Waals surface area contributed by atoms with Crippen molar-refractivity contribution in [3.05, 3.63) is 20.9 Å². The standard InChI is InChI=1S/C15H26N6O11/c16-20-18-1-5(2-19-21-17)29-14-12(28)10(26)13(7(4-23)31-14)32-15-11(27)9(25)8(24)6(3-22)30-15/h5-15,22-28H,1-4H2/t6-,7-,8-,9+,10-,11-,12-,13-,14-,15-/m1/s1. The van der Waals surface area contributed by atoms with Gasteiger partial charge in [-0.2, -0.15) is 0 Å². The molecule has 0 spiro atoms. The molecule has 10 atom stereocenters. The maximum atomic E-state index is 10.5. The van der Waals surface area contributed by atoms with E-state index in [1.165, 1.54) is 0 Å². The summed E-state index contributed by atoms with van der Waals surface area (Å²) in [5, 5.41) is 76.3. The summed E-state index contributed by atoms with van der Waals surface area (Å²) in [5.41, 5.74) is 16.9. The average Bonchev–Trinajstić information content (AvgIpc) is 2.80. The van der Waals surface area contributed by atoms with Gasteiger partial charge in [0, 0.05) is 9.82 Å². The second-order valence-electron chi connectivity index (χ2n) is 7.09. The highest BCUT2D eigenvalue weighted by atomic mass is 16.7. The Labute approximate surface area is 180 Å². The molecule has 32 heavy (non-hydrogen) atoms. The van der Waals surface area contributed by atoms with Crippen LogP contribution < -0.4 is 0 Å². The van der Waals surface area contributed by atoms with Crippen LogP contribution in [0.1, 0.15) is 0 Å². The van der Waals surface area contributed by atoms with Crippen LogP contribution in [0.4, 0.5) is 0 Å². The van der Waals surface area contributed by atoms with E-state index in [9.17, 15) is 35.7 Å². The normalized spacial score (nSPS) is 40.7. The van der Waals surface area contributed by atoms with Gasteiger partial charge in [-0.3, -0.25) is 0 Å². The van der Waals surface area contributed by atoms with Crippen molar-refractivity contribution >= 4 is 0 Å². The van der Waals surface area contributed by atoms with E-state index >= 15 is 0 Å². The number of ether oxygens (including phenoxy) is 4. The monoisotopic (exact) mass is 466 g/mol. The van der Waals surface area contributed by atoms with Crippen LogP contribution in [0.25, 0.3) is 20.9 Å². The van der Waals surface area contributed by atoms with Crippen molar-refractivity contribution in [1.29, 1.82) is 0 Å². The van der Waals surface area contributed by atoms with Gasteiger partial charge in [-0.25, -0.2) is 0 Å². The van der Waals surface area contributed by atoms with Crippen LogP contribution in [-0.2, 0) is 18.9 Å². The molecule has 2 rings (SSSR count). The highest BCUT2D eigenvalue weighted by molar-refractivity contribution is 4.94. The molecule has 17 heteroatoms. The zero-order valence-corrected chi connectivity index (χ0v) is 16.6. The molecule has 0 aromatic rings. The van der Waals surface area contributed by atoms with Crippen LogP contribution >= 0.6 is 0 Å². The SMILES string of the molecule is [N-]=[N+]=NCC(CN=[N+]=[N-])O[C@@H]1O[C@H](CO)[C@@H](O[C@H]2O[C@H](CO)[C@@H](O)[C@H](O)[C@H]2O)[C@H](O)[C@H]1O. The van der Waals surface area contributed by atoms with Crippen LogP contribution in [0.15, 0.2) is 10.2 Å². The van der Waals surface area contributed by atoms with E-state index in [0.717, 1.165) is 0 Å². The Morgan fingerprint density at radius 2 is 1.28 bits per heavy atom. The molecule has 0 saturated carbocycles. The first-order chi connectivity index (χ1) is 15.3. The zero-order chi connectivity index (χ0) is 23.8. The van der Waals surface area contributed by atoms with Crippen molar-refractivity contribution in [2.24, 2.45) is 10.2 Å². The van der Waals surface area contributed by atoms with E-state index in [0.29, 0.717) is 0 Å². The molecule has 7 N–H and O–H groups in total. The molecule has 0 amide bonds. The van der Waals surface area contributed by atoms with Gasteiger partial charge in [0.05, 0.1) is 32.4 Å².